The number of hydrogen-bond acceptors (Lipinski definition) is 0. The molecule has 0 radical (unpaired) electrons. The van der Waals surface area contributed by atoms with Gasteiger partial charge < -0.3 is 17.6 Å². The fourth-order valence-electron chi connectivity index (χ4n) is 23.4. The van der Waals surface area contributed by atoms with E-state index in [1.54, 1.807) is 0 Å². The van der Waals surface area contributed by atoms with E-state index in [4.69, 9.17) is 0 Å². The molecule has 0 aliphatic carbocycles. The number of para-hydroxylation sites is 8. The Bertz CT molecular complexity index is 9400. The van der Waals surface area contributed by atoms with Crippen LogP contribution < -0.4 is 0 Å². The molecule has 554 valence electrons. The number of rotatable bonds is 7. The Kier molecular flexibility index (Phi) is 12.6. The van der Waals surface area contributed by atoms with Crippen LogP contribution in [0.25, 0.3) is 273 Å². The lowest BCUT2D eigenvalue weighted by molar-refractivity contribution is 1.37. The molecule has 20 aromatic carbocycles. The molecule has 0 spiro atoms. The van der Waals surface area contributed by atoms with Gasteiger partial charge in [0.2, 0.25) is 0 Å². The first kappa shape index (κ1) is 64.9. The molecular formula is C116H70N4. The molecule has 0 saturated heterocycles. The molecule has 0 saturated carbocycles. The highest BCUT2D eigenvalue weighted by molar-refractivity contribution is 6.36. The molecule has 0 amide bonds. The van der Waals surface area contributed by atoms with Gasteiger partial charge in [0, 0.05) is 86.2 Å². The number of benzene rings is 20. The monoisotopic (exact) mass is 1520 g/mol. The molecule has 0 atom stereocenters. The van der Waals surface area contributed by atoms with Gasteiger partial charge in [-0.05, 0) is 250 Å². The van der Waals surface area contributed by atoms with E-state index in [1.807, 2.05) is 0 Å². The van der Waals surface area contributed by atoms with Crippen molar-refractivity contribution in [2.75, 3.05) is 0 Å². The molecule has 0 unspecified atom stereocenters. The first-order chi connectivity index (χ1) is 59.2. The lowest BCUT2D eigenvalue weighted by atomic mass is 9.80. The molecule has 0 fully saturated rings. The van der Waals surface area contributed by atoms with Crippen molar-refractivity contribution in [1.82, 2.24) is 17.6 Å². The molecule has 0 aliphatic rings. The van der Waals surface area contributed by atoms with Gasteiger partial charge >= 0.3 is 0 Å². The molecule has 28 aromatic rings. The minimum absolute atomic E-state index is 1.16. The summed E-state index contributed by atoms with van der Waals surface area (Å²) in [5, 5.41) is 30.1. The van der Waals surface area contributed by atoms with Crippen LogP contribution in [0.3, 0.4) is 0 Å². The molecule has 28 rings (SSSR count). The predicted octanol–water partition coefficient (Wildman–Crippen LogP) is 31.8. The molecular weight excluding hydrogens is 1450 g/mol. The van der Waals surface area contributed by atoms with Crippen molar-refractivity contribution < 1.29 is 0 Å². The third-order valence-corrected chi connectivity index (χ3v) is 28.1. The molecule has 8 aromatic heterocycles. The summed E-state index contributed by atoms with van der Waals surface area (Å²) >= 11 is 0. The van der Waals surface area contributed by atoms with E-state index < -0.39 is 0 Å². The van der Waals surface area contributed by atoms with Gasteiger partial charge in [-0.25, -0.2) is 0 Å². The Morgan fingerprint density at radius 1 is 0.133 bits per heavy atom. The van der Waals surface area contributed by atoms with Crippen LogP contribution >= 0.6 is 0 Å². The number of aryl methyl sites for hydroxylation is 4. The minimum atomic E-state index is 1.16. The van der Waals surface area contributed by atoms with Crippen LogP contribution in [0.5, 0.6) is 0 Å². The van der Waals surface area contributed by atoms with Gasteiger partial charge in [-0.1, -0.05) is 273 Å². The number of hydrogen-bond donors (Lipinski definition) is 0. The maximum absolute atomic E-state index is 2.60. The van der Waals surface area contributed by atoms with Gasteiger partial charge in [-0.2, -0.15) is 0 Å². The van der Waals surface area contributed by atoms with Crippen LogP contribution in [0.1, 0.15) is 22.3 Å². The topological polar surface area (TPSA) is 17.6 Å². The number of aromatic nitrogens is 4. The SMILES string of the molecule is Cc1cccc(C)c1-c1c2cc3c4cccc5c6ccccc6n(c3cc2c(-c2c(C)cc(-c3ccc(-c6c7cc8c9cccc%10c%11ccccc%11n(c8cc7c(-c7ccccc7-c7ccccc7)c7cc8c%11cccc%12c%13ccccc%13n(c8cc67)c%12%11)c%109)c(-c6ccccc6)c3)cc2C)c2cc3c6cccc7c8ccccc8n(c3cc12)c76)c54. The third kappa shape index (κ3) is 8.24. The van der Waals surface area contributed by atoms with Gasteiger partial charge in [0.25, 0.3) is 0 Å². The van der Waals surface area contributed by atoms with Crippen molar-refractivity contribution >= 4 is 195 Å². The smallest absolute Gasteiger partial charge is 0.0620 e. The van der Waals surface area contributed by atoms with Crippen molar-refractivity contribution in [3.05, 3.63) is 374 Å². The standard InChI is InChI=1S/C116H70N4/c1-63-26-21-27-64(2)107(63)111-93-57-89-84-44-24-40-80-75-36-16-20-49-102(75)120(115(80)84)106(89)62-98(93)112(94-58-90-85-45-25-41-81-74-35-15-19-48-101(74)119(116(81)85)105(90)61-97(94)111)108-65(3)52-70(53-66(108)4)69-50-51-77(86(54-69)68-30-9-6-10-31-68)110-92-56-88-83-43-23-39-79-72-33-13-17-46-99(72)117(114(79)83)103(88)59-95(92)109(76-37-12-11-32-71(76)67-28-7-5-8-29-67)91-55-87-82-42-22-38-78-73-34-14-18-47-100(73)118(113(78)82)104(87)60-96(91)110/h5-62H,1-4H3. The average molecular weight is 1520 g/mol. The van der Waals surface area contributed by atoms with Gasteiger partial charge in [0.05, 0.1) is 66.2 Å². The van der Waals surface area contributed by atoms with Crippen LogP contribution in [0.15, 0.2) is 352 Å². The zero-order chi connectivity index (χ0) is 78.5. The molecule has 8 heterocycles. The fraction of sp³-hybridized carbons (Fsp3) is 0.0345. The van der Waals surface area contributed by atoms with E-state index in [9.17, 15) is 0 Å². The Labute approximate surface area is 688 Å². The zero-order valence-corrected chi connectivity index (χ0v) is 66.3. The fourth-order valence-corrected chi connectivity index (χ4v) is 23.4. The lowest BCUT2D eigenvalue weighted by Gasteiger charge is -2.23. The Hall–Kier alpha value is -15.4. The summed E-state index contributed by atoms with van der Waals surface area (Å²) in [6.45, 7) is 9.42. The quantitative estimate of drug-likeness (QED) is 0.142. The summed E-state index contributed by atoms with van der Waals surface area (Å²) in [4.78, 5) is 0. The highest BCUT2D eigenvalue weighted by Crippen LogP contribution is 2.57. The van der Waals surface area contributed by atoms with Gasteiger partial charge in [0.1, 0.15) is 0 Å². The van der Waals surface area contributed by atoms with Crippen molar-refractivity contribution in [2.45, 2.75) is 27.7 Å². The summed E-state index contributed by atoms with van der Waals surface area (Å²) < 4.78 is 10.3. The molecule has 0 N–H and O–H groups in total. The Morgan fingerprint density at radius 3 is 0.792 bits per heavy atom. The van der Waals surface area contributed by atoms with Crippen molar-refractivity contribution in [3.8, 4) is 77.9 Å². The molecule has 0 bridgehead atoms. The summed E-state index contributed by atoms with van der Waals surface area (Å²) in [7, 11) is 0. The van der Waals surface area contributed by atoms with E-state index in [2.05, 4.69) is 397 Å². The van der Waals surface area contributed by atoms with Gasteiger partial charge in [-0.3, -0.25) is 0 Å². The molecule has 0 aliphatic heterocycles. The first-order valence-electron chi connectivity index (χ1n) is 42.1. The maximum atomic E-state index is 2.60. The van der Waals surface area contributed by atoms with Crippen LogP contribution in [0.4, 0.5) is 0 Å². The average Bonchev–Trinajstić information content (AvgIpc) is 1.49. The number of nitrogens with zero attached hydrogens (tertiary/aromatic N) is 4. The van der Waals surface area contributed by atoms with E-state index >= 15 is 0 Å². The second-order valence-corrected chi connectivity index (χ2v) is 34.2. The third-order valence-electron chi connectivity index (χ3n) is 28.1. The van der Waals surface area contributed by atoms with Gasteiger partial charge in [-0.15, -0.1) is 0 Å². The van der Waals surface area contributed by atoms with Crippen molar-refractivity contribution in [3.63, 3.8) is 0 Å². The molecule has 4 heteroatoms. The van der Waals surface area contributed by atoms with Crippen LogP contribution in [-0.4, -0.2) is 17.6 Å². The van der Waals surface area contributed by atoms with E-state index in [0.717, 1.165) is 11.1 Å². The van der Waals surface area contributed by atoms with E-state index in [1.165, 1.54) is 284 Å². The normalized spacial score (nSPS) is 12.7. The van der Waals surface area contributed by atoms with E-state index in [0.29, 0.717) is 0 Å². The molecule has 4 nitrogen and oxygen atoms in total. The lowest BCUT2D eigenvalue weighted by Crippen LogP contribution is -1.98. The van der Waals surface area contributed by atoms with Crippen LogP contribution in [0, 0.1) is 27.7 Å². The largest absolute Gasteiger partial charge is 0.308 e. The highest BCUT2D eigenvalue weighted by Gasteiger charge is 2.32. The molecule has 120 heavy (non-hydrogen) atoms. The van der Waals surface area contributed by atoms with Crippen molar-refractivity contribution in [1.29, 1.82) is 0 Å². The predicted molar refractivity (Wildman–Crippen MR) is 512 cm³/mol. The van der Waals surface area contributed by atoms with E-state index in [-0.39, 0.29) is 0 Å². The second kappa shape index (κ2) is 23.3. The summed E-state index contributed by atoms with van der Waals surface area (Å²) in [5.41, 5.74) is 36.8. The summed E-state index contributed by atoms with van der Waals surface area (Å²) in [5.74, 6) is 0. The Balaban J connectivity index is 0.744. The summed E-state index contributed by atoms with van der Waals surface area (Å²) in [6.07, 6.45) is 0. The highest BCUT2D eigenvalue weighted by atomic mass is 14.9. The van der Waals surface area contributed by atoms with Gasteiger partial charge in [0.15, 0.2) is 0 Å². The second-order valence-electron chi connectivity index (χ2n) is 34.2. The Morgan fingerprint density at radius 2 is 0.408 bits per heavy atom. The minimum Gasteiger partial charge on any atom is -0.308 e. The summed E-state index contributed by atoms with van der Waals surface area (Å²) in [6, 6.07) is 135. The first-order valence-corrected chi connectivity index (χ1v) is 42.1. The van der Waals surface area contributed by atoms with Crippen LogP contribution in [0.2, 0.25) is 0 Å². The zero-order valence-electron chi connectivity index (χ0n) is 66.3. The van der Waals surface area contributed by atoms with Crippen molar-refractivity contribution in [2.24, 2.45) is 0 Å². The van der Waals surface area contributed by atoms with Crippen LogP contribution in [-0.2, 0) is 0 Å². The number of fused-ring (bicyclic) bond motifs is 28. The maximum Gasteiger partial charge on any atom is 0.0620 e.